The van der Waals surface area contributed by atoms with Gasteiger partial charge in [-0.1, -0.05) is 6.58 Å². The minimum absolute atomic E-state index is 0.119. The highest BCUT2D eigenvalue weighted by molar-refractivity contribution is 5.86. The first-order valence-corrected chi connectivity index (χ1v) is 5.51. The van der Waals surface area contributed by atoms with Crippen LogP contribution in [-0.4, -0.2) is 48.1 Å². The van der Waals surface area contributed by atoms with Crippen molar-refractivity contribution < 1.29 is 14.7 Å². The zero-order valence-corrected chi connectivity index (χ0v) is 9.37. The molecule has 0 saturated carbocycles. The van der Waals surface area contributed by atoms with Gasteiger partial charge in [0.25, 0.3) is 0 Å². The Hall–Kier alpha value is -1.36. The number of aliphatic carboxylic acids is 1. The topological polar surface area (TPSA) is 69.6 Å². The van der Waals surface area contributed by atoms with E-state index in [1.165, 1.54) is 0 Å². The summed E-state index contributed by atoms with van der Waals surface area (Å²) in [5.74, 6) is -0.857. The Morgan fingerprint density at radius 2 is 1.94 bits per heavy atom. The third-order valence-corrected chi connectivity index (χ3v) is 2.62. The molecule has 1 heterocycles. The summed E-state index contributed by atoms with van der Waals surface area (Å²) in [6.07, 6.45) is 2.61. The van der Waals surface area contributed by atoms with Gasteiger partial charge in [-0.25, -0.2) is 4.79 Å². The third-order valence-electron chi connectivity index (χ3n) is 2.62. The van der Waals surface area contributed by atoms with Crippen LogP contribution in [0.1, 0.15) is 19.3 Å². The van der Waals surface area contributed by atoms with Crippen LogP contribution in [0, 0.1) is 0 Å². The number of rotatable bonds is 6. The summed E-state index contributed by atoms with van der Waals surface area (Å²) in [6, 6.07) is 0. The van der Waals surface area contributed by atoms with E-state index in [4.69, 9.17) is 5.11 Å². The number of carbonyl (C=O) groups excluding carboxylic acids is 1. The molecule has 0 bridgehead atoms. The Morgan fingerprint density at radius 1 is 1.31 bits per heavy atom. The van der Waals surface area contributed by atoms with Crippen molar-refractivity contribution in [2.75, 3.05) is 26.2 Å². The summed E-state index contributed by atoms with van der Waals surface area (Å²) < 4.78 is 0. The standard InChI is InChI=1S/C11H18N2O3/c1-9(11(15)16)8-12-5-4-10(14)13-6-2-3-7-13/h12H,1-8H2,(H,15,16). The van der Waals surface area contributed by atoms with Gasteiger partial charge in [0, 0.05) is 38.2 Å². The number of amides is 1. The zero-order chi connectivity index (χ0) is 12.0. The fraction of sp³-hybridized carbons (Fsp3) is 0.636. The minimum atomic E-state index is -1.00. The van der Waals surface area contributed by atoms with Crippen molar-refractivity contribution in [3.63, 3.8) is 0 Å². The van der Waals surface area contributed by atoms with Gasteiger partial charge in [0.05, 0.1) is 0 Å². The first-order valence-electron chi connectivity index (χ1n) is 5.51. The van der Waals surface area contributed by atoms with Crippen molar-refractivity contribution in [3.05, 3.63) is 12.2 Å². The molecule has 0 aromatic carbocycles. The Labute approximate surface area is 95.1 Å². The molecule has 0 aromatic rings. The van der Waals surface area contributed by atoms with Gasteiger partial charge < -0.3 is 15.3 Å². The van der Waals surface area contributed by atoms with Crippen molar-refractivity contribution in [1.29, 1.82) is 0 Å². The quantitative estimate of drug-likeness (QED) is 0.502. The number of carbonyl (C=O) groups is 2. The Morgan fingerprint density at radius 3 is 2.50 bits per heavy atom. The number of nitrogens with zero attached hydrogens (tertiary/aromatic N) is 1. The maximum Gasteiger partial charge on any atom is 0.332 e. The summed E-state index contributed by atoms with van der Waals surface area (Å²) in [4.78, 5) is 23.8. The molecule has 1 aliphatic rings. The average Bonchev–Trinajstić information content (AvgIpc) is 2.76. The smallest absolute Gasteiger partial charge is 0.332 e. The molecule has 1 saturated heterocycles. The van der Waals surface area contributed by atoms with E-state index in [9.17, 15) is 9.59 Å². The van der Waals surface area contributed by atoms with E-state index in [0.29, 0.717) is 13.0 Å². The van der Waals surface area contributed by atoms with E-state index >= 15 is 0 Å². The predicted octanol–water partition coefficient (Wildman–Crippen LogP) is 0.229. The number of nitrogens with one attached hydrogen (secondary N) is 1. The molecule has 1 rings (SSSR count). The van der Waals surface area contributed by atoms with E-state index in [-0.39, 0.29) is 18.0 Å². The largest absolute Gasteiger partial charge is 0.478 e. The van der Waals surface area contributed by atoms with Gasteiger partial charge in [0.15, 0.2) is 0 Å². The SMILES string of the molecule is C=C(CNCCC(=O)N1CCCC1)C(=O)O. The molecular weight excluding hydrogens is 208 g/mol. The molecule has 0 atom stereocenters. The van der Waals surface area contributed by atoms with Crippen LogP contribution in [0.4, 0.5) is 0 Å². The van der Waals surface area contributed by atoms with Crippen molar-refractivity contribution in [2.45, 2.75) is 19.3 Å². The van der Waals surface area contributed by atoms with Gasteiger partial charge in [-0.05, 0) is 12.8 Å². The predicted molar refractivity (Wildman–Crippen MR) is 60.1 cm³/mol. The highest BCUT2D eigenvalue weighted by atomic mass is 16.4. The van der Waals surface area contributed by atoms with Crippen LogP contribution in [0.3, 0.4) is 0 Å². The second kappa shape index (κ2) is 6.27. The van der Waals surface area contributed by atoms with Crippen LogP contribution in [-0.2, 0) is 9.59 Å². The summed E-state index contributed by atoms with van der Waals surface area (Å²) in [7, 11) is 0. The Kier molecular flexibility index (Phi) is 4.98. The van der Waals surface area contributed by atoms with Gasteiger partial charge in [0.2, 0.25) is 5.91 Å². The first-order chi connectivity index (χ1) is 7.61. The second-order valence-corrected chi connectivity index (χ2v) is 3.92. The van der Waals surface area contributed by atoms with Gasteiger partial charge in [-0.2, -0.15) is 0 Å². The maximum atomic E-state index is 11.6. The fourth-order valence-electron chi connectivity index (χ4n) is 1.63. The highest BCUT2D eigenvalue weighted by Crippen LogP contribution is 2.08. The summed E-state index contributed by atoms with van der Waals surface area (Å²) in [5.41, 5.74) is 0.119. The monoisotopic (exact) mass is 226 g/mol. The van der Waals surface area contributed by atoms with Crippen LogP contribution in [0.5, 0.6) is 0 Å². The first kappa shape index (κ1) is 12.7. The lowest BCUT2D eigenvalue weighted by molar-refractivity contribution is -0.132. The summed E-state index contributed by atoms with van der Waals surface area (Å²) >= 11 is 0. The highest BCUT2D eigenvalue weighted by Gasteiger charge is 2.16. The molecule has 0 aliphatic carbocycles. The molecule has 1 amide bonds. The molecule has 1 fully saturated rings. The summed E-state index contributed by atoms with van der Waals surface area (Å²) in [5, 5.41) is 11.4. The van der Waals surface area contributed by atoms with Gasteiger partial charge >= 0.3 is 5.97 Å². The molecule has 2 N–H and O–H groups in total. The van der Waals surface area contributed by atoms with E-state index < -0.39 is 5.97 Å². The van der Waals surface area contributed by atoms with E-state index in [1.807, 2.05) is 4.90 Å². The van der Waals surface area contributed by atoms with Gasteiger partial charge in [-0.3, -0.25) is 4.79 Å². The lowest BCUT2D eigenvalue weighted by atomic mass is 10.3. The molecule has 90 valence electrons. The van der Waals surface area contributed by atoms with Crippen LogP contribution >= 0.6 is 0 Å². The molecule has 0 unspecified atom stereocenters. The average molecular weight is 226 g/mol. The Balaban J connectivity index is 2.08. The minimum Gasteiger partial charge on any atom is -0.478 e. The lowest BCUT2D eigenvalue weighted by Crippen LogP contribution is -2.31. The normalized spacial score (nSPS) is 15.1. The number of hydrogen-bond donors (Lipinski definition) is 2. The molecule has 0 aromatic heterocycles. The van der Waals surface area contributed by atoms with Crippen LogP contribution in [0.2, 0.25) is 0 Å². The second-order valence-electron chi connectivity index (χ2n) is 3.92. The number of carboxylic acids is 1. The molecule has 0 radical (unpaired) electrons. The van der Waals surface area contributed by atoms with E-state index in [2.05, 4.69) is 11.9 Å². The van der Waals surface area contributed by atoms with E-state index in [1.54, 1.807) is 0 Å². The summed E-state index contributed by atoms with van der Waals surface area (Å²) in [6.45, 7) is 5.84. The Bertz CT molecular complexity index is 283. The zero-order valence-electron chi connectivity index (χ0n) is 9.37. The lowest BCUT2D eigenvalue weighted by Gasteiger charge is -2.15. The number of likely N-dealkylation sites (tertiary alicyclic amines) is 1. The van der Waals surface area contributed by atoms with Crippen molar-refractivity contribution in [3.8, 4) is 0 Å². The van der Waals surface area contributed by atoms with E-state index in [0.717, 1.165) is 25.9 Å². The van der Waals surface area contributed by atoms with Crippen LogP contribution < -0.4 is 5.32 Å². The third kappa shape index (κ3) is 4.02. The van der Waals surface area contributed by atoms with Gasteiger partial charge in [-0.15, -0.1) is 0 Å². The molecule has 5 nitrogen and oxygen atoms in total. The molecule has 0 spiro atoms. The van der Waals surface area contributed by atoms with Crippen molar-refractivity contribution in [2.24, 2.45) is 0 Å². The maximum absolute atomic E-state index is 11.6. The number of hydrogen-bond acceptors (Lipinski definition) is 3. The van der Waals surface area contributed by atoms with Crippen LogP contribution in [0.25, 0.3) is 0 Å². The molecule has 1 aliphatic heterocycles. The molecule has 5 heteroatoms. The van der Waals surface area contributed by atoms with Crippen molar-refractivity contribution >= 4 is 11.9 Å². The van der Waals surface area contributed by atoms with Gasteiger partial charge in [0.1, 0.15) is 0 Å². The van der Waals surface area contributed by atoms with Crippen molar-refractivity contribution in [1.82, 2.24) is 10.2 Å². The molecule has 16 heavy (non-hydrogen) atoms. The molecular formula is C11H18N2O3. The van der Waals surface area contributed by atoms with Crippen LogP contribution in [0.15, 0.2) is 12.2 Å². The fourth-order valence-corrected chi connectivity index (χ4v) is 1.63. The number of carboxylic acid groups (broad SMARTS) is 1.